The molecule has 1 saturated heterocycles. The number of hydrogen-bond acceptors (Lipinski definition) is 6. The molecule has 4 rings (SSSR count). The third-order valence-corrected chi connectivity index (χ3v) is 10.1. The summed E-state index contributed by atoms with van der Waals surface area (Å²) in [6.45, 7) is 2.67. The van der Waals surface area contributed by atoms with Crippen molar-refractivity contribution < 1.29 is 72.1 Å². The number of aryl methyl sites for hydroxylation is 1. The largest absolute Gasteiger partial charge is 0.490 e. The lowest BCUT2D eigenvalue weighted by Gasteiger charge is -2.42. The predicted octanol–water partition coefficient (Wildman–Crippen LogP) is 5.38. The van der Waals surface area contributed by atoms with Gasteiger partial charge in [0.2, 0.25) is 5.91 Å². The smallest absolute Gasteiger partial charge is 0.475 e. The van der Waals surface area contributed by atoms with Crippen molar-refractivity contribution in [1.82, 2.24) is 9.88 Å². The summed E-state index contributed by atoms with van der Waals surface area (Å²) in [5.74, 6) is -3.32. The number of rotatable bonds is 5. The van der Waals surface area contributed by atoms with E-state index in [0.717, 1.165) is 6.07 Å². The molecule has 0 radical (unpaired) electrons. The molecule has 46 heavy (non-hydrogen) atoms. The van der Waals surface area contributed by atoms with E-state index in [-0.39, 0.29) is 48.8 Å². The van der Waals surface area contributed by atoms with E-state index in [1.165, 1.54) is 43.0 Å². The summed E-state index contributed by atoms with van der Waals surface area (Å²) in [5.41, 5.74) is -9.75. The molecule has 2 N–H and O–H groups in total. The Labute approximate surface area is 254 Å². The van der Waals surface area contributed by atoms with Crippen molar-refractivity contribution in [3.05, 3.63) is 59.4 Å². The quantitative estimate of drug-likeness (QED) is 0.403. The second kappa shape index (κ2) is 12.0. The second-order valence-electron chi connectivity index (χ2n) is 11.2. The van der Waals surface area contributed by atoms with Gasteiger partial charge in [-0.1, -0.05) is 24.3 Å². The fourth-order valence-corrected chi connectivity index (χ4v) is 7.97. The summed E-state index contributed by atoms with van der Waals surface area (Å²) < 4.78 is 153. The fraction of sp³-hybridized carbons (Fsp3) is 0.519. The highest BCUT2D eigenvalue weighted by Gasteiger charge is 2.75. The molecule has 19 heteroatoms. The van der Waals surface area contributed by atoms with Gasteiger partial charge in [0.25, 0.3) is 0 Å². The first-order chi connectivity index (χ1) is 20.7. The SMILES string of the molecule is CC(C)(O)CC(=O)N1CCC2(S(=O)(=O)c3ccccc3)c3ccc(C(F)(C(F)(F)F)C(F)(F)F)nc3CCC12.O=C(O)C(F)(F)F. The van der Waals surface area contributed by atoms with Crippen LogP contribution in [0.4, 0.5) is 43.9 Å². The zero-order valence-electron chi connectivity index (χ0n) is 23.8. The van der Waals surface area contributed by atoms with Crippen LogP contribution < -0.4 is 0 Å². The van der Waals surface area contributed by atoms with Gasteiger partial charge in [-0.15, -0.1) is 0 Å². The summed E-state index contributed by atoms with van der Waals surface area (Å²) in [6, 6.07) is 6.93. The number of fused-ring (bicyclic) bond motifs is 3. The third kappa shape index (κ3) is 6.52. The van der Waals surface area contributed by atoms with Gasteiger partial charge in [0.1, 0.15) is 4.75 Å². The number of sulfone groups is 1. The van der Waals surface area contributed by atoms with Gasteiger partial charge < -0.3 is 15.1 Å². The Balaban J connectivity index is 0.000000738. The minimum Gasteiger partial charge on any atom is -0.475 e. The molecule has 2 aliphatic rings. The molecule has 1 aromatic heterocycles. The van der Waals surface area contributed by atoms with Crippen LogP contribution in [0.25, 0.3) is 0 Å². The molecule has 2 heterocycles. The number of pyridine rings is 1. The van der Waals surface area contributed by atoms with E-state index in [4.69, 9.17) is 9.90 Å². The lowest BCUT2D eigenvalue weighted by molar-refractivity contribution is -0.350. The molecule has 2 aromatic rings. The predicted molar refractivity (Wildman–Crippen MR) is 137 cm³/mol. The van der Waals surface area contributed by atoms with Gasteiger partial charge in [-0.3, -0.25) is 9.78 Å². The monoisotopic (exact) mass is 696 g/mol. The van der Waals surface area contributed by atoms with Gasteiger partial charge in [0, 0.05) is 12.2 Å². The summed E-state index contributed by atoms with van der Waals surface area (Å²) in [6.07, 6.45) is -18.9. The minimum absolute atomic E-state index is 0.106. The van der Waals surface area contributed by atoms with E-state index in [2.05, 4.69) is 4.98 Å². The fourth-order valence-electron chi connectivity index (χ4n) is 5.60. The van der Waals surface area contributed by atoms with E-state index >= 15 is 0 Å². The zero-order valence-corrected chi connectivity index (χ0v) is 24.6. The molecule has 2 unspecified atom stereocenters. The molecule has 1 aliphatic carbocycles. The van der Waals surface area contributed by atoms with Gasteiger partial charge in [-0.2, -0.15) is 39.5 Å². The highest BCUT2D eigenvalue weighted by Crippen LogP contribution is 2.56. The van der Waals surface area contributed by atoms with Crippen LogP contribution in [0.2, 0.25) is 0 Å². The van der Waals surface area contributed by atoms with Crippen LogP contribution in [0.1, 0.15) is 50.1 Å². The van der Waals surface area contributed by atoms with E-state index in [0.29, 0.717) is 0 Å². The van der Waals surface area contributed by atoms with Crippen LogP contribution in [0.15, 0.2) is 47.4 Å². The van der Waals surface area contributed by atoms with Crippen molar-refractivity contribution in [1.29, 1.82) is 0 Å². The van der Waals surface area contributed by atoms with Crippen LogP contribution in [-0.4, -0.2) is 77.1 Å². The number of aliphatic hydroxyl groups is 1. The number of nitrogens with zero attached hydrogens (tertiary/aromatic N) is 2. The molecule has 1 aromatic carbocycles. The molecular weight excluding hydrogens is 670 g/mol. The van der Waals surface area contributed by atoms with Crippen LogP contribution in [0.5, 0.6) is 0 Å². The van der Waals surface area contributed by atoms with E-state index in [1.807, 2.05) is 0 Å². The molecule has 1 amide bonds. The third-order valence-electron chi connectivity index (χ3n) is 7.54. The number of aromatic nitrogens is 1. The van der Waals surface area contributed by atoms with Gasteiger partial charge in [0.05, 0.1) is 28.7 Å². The van der Waals surface area contributed by atoms with Gasteiger partial charge in [-0.25, -0.2) is 17.6 Å². The maximum absolute atomic E-state index is 14.8. The normalized spacial score (nSPS) is 20.7. The molecule has 2 atom stereocenters. The molecule has 1 fully saturated rings. The molecule has 0 spiro atoms. The standard InChI is InChI=1S/C25H25F7N2O4S.C2HF3O2/c1-21(2,36)14-20(35)34-13-12-22(39(37,38)15-6-4-3-5-7-15)16-8-10-18(33-17(16)9-11-19(22)34)23(26,24(27,28)29)25(30,31)32;3-2(4,5)1(6)7/h3-8,10,19,36H,9,11-14H2,1-2H3;(H,6,7). The van der Waals surface area contributed by atoms with Crippen molar-refractivity contribution in [2.45, 2.75) is 85.0 Å². The molecule has 1 aliphatic heterocycles. The van der Waals surface area contributed by atoms with E-state index in [9.17, 15) is 62.2 Å². The van der Waals surface area contributed by atoms with Crippen LogP contribution in [0.3, 0.4) is 0 Å². The van der Waals surface area contributed by atoms with Gasteiger partial charge in [0.15, 0.2) is 9.84 Å². The number of alkyl halides is 10. The topological polar surface area (TPSA) is 125 Å². The summed E-state index contributed by atoms with van der Waals surface area (Å²) >= 11 is 0. The van der Waals surface area contributed by atoms with Crippen molar-refractivity contribution >= 4 is 21.7 Å². The summed E-state index contributed by atoms with van der Waals surface area (Å²) in [7, 11) is -4.42. The highest BCUT2D eigenvalue weighted by atomic mass is 32.2. The Morgan fingerprint density at radius 1 is 0.935 bits per heavy atom. The van der Waals surface area contributed by atoms with Gasteiger partial charge in [-0.05, 0) is 56.9 Å². The van der Waals surface area contributed by atoms with E-state index < -0.39 is 73.7 Å². The first-order valence-electron chi connectivity index (χ1n) is 13.2. The lowest BCUT2D eigenvalue weighted by Crippen LogP contribution is -2.54. The summed E-state index contributed by atoms with van der Waals surface area (Å²) in [4.78, 5) is 26.5. The Bertz CT molecular complexity index is 1560. The number of benzene rings is 1. The average molecular weight is 697 g/mol. The highest BCUT2D eigenvalue weighted by molar-refractivity contribution is 7.92. The Morgan fingerprint density at radius 3 is 1.91 bits per heavy atom. The number of carbonyl (C=O) groups excluding carboxylic acids is 1. The number of carboxylic acids is 1. The number of aliphatic carboxylic acids is 1. The minimum atomic E-state index is -6.38. The Morgan fingerprint density at radius 2 is 1.46 bits per heavy atom. The zero-order chi connectivity index (χ0) is 35.3. The first kappa shape index (κ1) is 37.0. The summed E-state index contributed by atoms with van der Waals surface area (Å²) in [5, 5.41) is 17.3. The Hall–Kier alpha value is -3.48. The average Bonchev–Trinajstić information content (AvgIpc) is 3.32. The van der Waals surface area contributed by atoms with Crippen molar-refractivity contribution in [2.24, 2.45) is 0 Å². The molecule has 256 valence electrons. The second-order valence-corrected chi connectivity index (χ2v) is 13.4. The molecule has 8 nitrogen and oxygen atoms in total. The van der Waals surface area contributed by atoms with Crippen molar-refractivity contribution in [2.75, 3.05) is 6.54 Å². The van der Waals surface area contributed by atoms with Crippen LogP contribution in [-0.2, 0) is 36.3 Å². The number of halogens is 10. The lowest BCUT2D eigenvalue weighted by atomic mass is 9.80. The van der Waals surface area contributed by atoms with Crippen LogP contribution >= 0.6 is 0 Å². The molecular formula is C27H26F10N2O6S. The Kier molecular flexibility index (Phi) is 9.61. The van der Waals surface area contributed by atoms with Crippen molar-refractivity contribution in [3.8, 4) is 0 Å². The molecule has 0 saturated carbocycles. The maximum atomic E-state index is 14.8. The number of amides is 1. The number of hydrogen-bond donors (Lipinski definition) is 2. The number of carboxylic acid groups (broad SMARTS) is 1. The molecule has 0 bridgehead atoms. The first-order valence-corrected chi connectivity index (χ1v) is 14.6. The number of likely N-dealkylation sites (tertiary alicyclic amines) is 1. The van der Waals surface area contributed by atoms with E-state index in [1.54, 1.807) is 6.07 Å². The number of carbonyl (C=O) groups is 2. The van der Waals surface area contributed by atoms with Crippen LogP contribution in [0, 0.1) is 0 Å². The van der Waals surface area contributed by atoms with Crippen molar-refractivity contribution in [3.63, 3.8) is 0 Å². The van der Waals surface area contributed by atoms with Gasteiger partial charge >= 0.3 is 30.2 Å². The maximum Gasteiger partial charge on any atom is 0.490 e.